The fraction of sp³-hybridized carbons (Fsp3) is 0.562. The highest BCUT2D eigenvalue weighted by molar-refractivity contribution is 7.88. The van der Waals surface area contributed by atoms with Gasteiger partial charge in [-0.25, -0.2) is 13.1 Å². The Kier molecular flexibility index (Phi) is 9.36. The van der Waals surface area contributed by atoms with Crippen LogP contribution in [0.5, 0.6) is 0 Å². The van der Waals surface area contributed by atoms with Crippen LogP contribution in [0.25, 0.3) is 0 Å². The molecule has 1 aromatic rings. The number of hydrogen-bond donors (Lipinski definition) is 4. The number of rotatable bonds is 10. The zero-order chi connectivity index (χ0) is 17.8. The molecule has 8 heteroatoms. The average molecular weight is 356 g/mol. The molecule has 0 aromatic heterocycles. The third-order valence-electron chi connectivity index (χ3n) is 3.21. The van der Waals surface area contributed by atoms with Crippen LogP contribution in [0.3, 0.4) is 0 Å². The number of sulfonamides is 1. The first kappa shape index (κ1) is 20.4. The summed E-state index contributed by atoms with van der Waals surface area (Å²) in [5.41, 5.74) is 0.896. The molecule has 1 unspecified atom stereocenters. The normalized spacial score (nSPS) is 13.5. The van der Waals surface area contributed by atoms with E-state index in [0.717, 1.165) is 18.4 Å². The van der Waals surface area contributed by atoms with Gasteiger partial charge in [0.2, 0.25) is 10.0 Å². The van der Waals surface area contributed by atoms with Crippen LogP contribution in [0.1, 0.15) is 31.4 Å². The van der Waals surface area contributed by atoms with Crippen molar-refractivity contribution in [2.24, 2.45) is 4.99 Å². The van der Waals surface area contributed by atoms with Crippen molar-refractivity contribution in [3.63, 3.8) is 0 Å². The van der Waals surface area contributed by atoms with Crippen molar-refractivity contribution >= 4 is 16.0 Å². The van der Waals surface area contributed by atoms with Crippen molar-refractivity contribution in [1.82, 2.24) is 15.4 Å². The summed E-state index contributed by atoms with van der Waals surface area (Å²) in [7, 11) is -3.14. The quantitative estimate of drug-likeness (QED) is 0.279. The third-order valence-corrected chi connectivity index (χ3v) is 3.94. The molecule has 0 saturated heterocycles. The Hall–Kier alpha value is -1.64. The summed E-state index contributed by atoms with van der Waals surface area (Å²) in [5.74, 6) is 0.664. The Balaban J connectivity index is 2.33. The topological polar surface area (TPSA) is 103 Å². The van der Waals surface area contributed by atoms with Crippen LogP contribution >= 0.6 is 0 Å². The van der Waals surface area contributed by atoms with E-state index in [1.807, 2.05) is 37.3 Å². The van der Waals surface area contributed by atoms with Gasteiger partial charge >= 0.3 is 0 Å². The van der Waals surface area contributed by atoms with E-state index in [4.69, 9.17) is 0 Å². The molecule has 0 aliphatic rings. The molecule has 0 aliphatic carbocycles. The van der Waals surface area contributed by atoms with Gasteiger partial charge in [-0.3, -0.25) is 4.99 Å². The second-order valence-corrected chi connectivity index (χ2v) is 7.26. The molecule has 0 spiro atoms. The lowest BCUT2D eigenvalue weighted by molar-refractivity contribution is 0.168. The highest BCUT2D eigenvalue weighted by atomic mass is 32.2. The molecule has 24 heavy (non-hydrogen) atoms. The lowest BCUT2D eigenvalue weighted by atomic mass is 10.1. The third kappa shape index (κ3) is 9.49. The van der Waals surface area contributed by atoms with Crippen LogP contribution in [0, 0.1) is 0 Å². The van der Waals surface area contributed by atoms with Gasteiger partial charge in [-0.1, -0.05) is 30.3 Å². The SMILES string of the molecule is CCNC(=NCCCNS(C)(=O)=O)NCCC(O)c1ccccc1. The first-order valence-electron chi connectivity index (χ1n) is 8.12. The standard InChI is InChI=1S/C16H28N4O3S/c1-3-17-16(18-11-7-12-20-24(2,22)23)19-13-10-15(21)14-8-5-4-6-9-14/h4-6,8-9,15,20-21H,3,7,10-13H2,1-2H3,(H2,17,18,19). The Labute approximate surface area is 144 Å². The van der Waals surface area contributed by atoms with E-state index >= 15 is 0 Å². The molecule has 0 saturated carbocycles. The fourth-order valence-electron chi connectivity index (χ4n) is 2.04. The minimum absolute atomic E-state index is 0.370. The summed E-state index contributed by atoms with van der Waals surface area (Å²) in [6, 6.07) is 9.53. The first-order chi connectivity index (χ1) is 11.4. The summed E-state index contributed by atoms with van der Waals surface area (Å²) in [6.45, 7) is 4.17. The average Bonchev–Trinajstić information content (AvgIpc) is 2.54. The second-order valence-electron chi connectivity index (χ2n) is 5.42. The highest BCUT2D eigenvalue weighted by Gasteiger charge is 2.07. The molecule has 0 heterocycles. The van der Waals surface area contributed by atoms with E-state index in [1.54, 1.807) is 0 Å². The summed E-state index contributed by atoms with van der Waals surface area (Å²) >= 11 is 0. The zero-order valence-corrected chi connectivity index (χ0v) is 15.1. The summed E-state index contributed by atoms with van der Waals surface area (Å²) in [6.07, 6.45) is 1.82. The number of aliphatic imine (C=N–C) groups is 1. The molecular weight excluding hydrogens is 328 g/mol. The number of aliphatic hydroxyl groups excluding tert-OH is 1. The van der Waals surface area contributed by atoms with Gasteiger partial charge in [-0.2, -0.15) is 0 Å². The predicted molar refractivity (Wildman–Crippen MR) is 97.5 cm³/mol. The maximum absolute atomic E-state index is 11.0. The van der Waals surface area contributed by atoms with Crippen molar-refractivity contribution in [1.29, 1.82) is 0 Å². The molecule has 4 N–H and O–H groups in total. The van der Waals surface area contributed by atoms with Gasteiger partial charge in [0.05, 0.1) is 12.4 Å². The number of nitrogens with zero attached hydrogens (tertiary/aromatic N) is 1. The highest BCUT2D eigenvalue weighted by Crippen LogP contribution is 2.14. The minimum Gasteiger partial charge on any atom is -0.388 e. The van der Waals surface area contributed by atoms with Crippen molar-refractivity contribution < 1.29 is 13.5 Å². The molecule has 0 radical (unpaired) electrons. The van der Waals surface area contributed by atoms with Crippen molar-refractivity contribution in [2.75, 3.05) is 32.4 Å². The van der Waals surface area contributed by atoms with E-state index in [9.17, 15) is 13.5 Å². The first-order valence-corrected chi connectivity index (χ1v) is 10.0. The van der Waals surface area contributed by atoms with E-state index in [2.05, 4.69) is 20.3 Å². The van der Waals surface area contributed by atoms with E-state index in [-0.39, 0.29) is 0 Å². The van der Waals surface area contributed by atoms with Crippen LogP contribution < -0.4 is 15.4 Å². The summed E-state index contributed by atoms with van der Waals surface area (Å²) < 4.78 is 24.3. The molecule has 0 fully saturated rings. The fourth-order valence-corrected chi connectivity index (χ4v) is 2.55. The number of aliphatic hydroxyl groups is 1. The monoisotopic (exact) mass is 356 g/mol. The number of benzene rings is 1. The van der Waals surface area contributed by atoms with Gasteiger partial charge in [0, 0.05) is 26.2 Å². The second kappa shape index (κ2) is 11.0. The Bertz CT molecular complexity index is 591. The maximum Gasteiger partial charge on any atom is 0.208 e. The van der Waals surface area contributed by atoms with Gasteiger partial charge in [-0.15, -0.1) is 0 Å². The maximum atomic E-state index is 11.0. The number of guanidine groups is 1. The molecule has 136 valence electrons. The van der Waals surface area contributed by atoms with Gasteiger partial charge in [0.25, 0.3) is 0 Å². The Morgan fingerprint density at radius 2 is 1.92 bits per heavy atom. The van der Waals surface area contributed by atoms with Crippen molar-refractivity contribution in [3.05, 3.63) is 35.9 Å². The number of nitrogens with one attached hydrogen (secondary N) is 3. The largest absolute Gasteiger partial charge is 0.388 e. The minimum atomic E-state index is -3.14. The smallest absolute Gasteiger partial charge is 0.208 e. The van der Waals surface area contributed by atoms with Crippen LogP contribution in [0.15, 0.2) is 35.3 Å². The Morgan fingerprint density at radius 1 is 1.21 bits per heavy atom. The molecular formula is C16H28N4O3S. The van der Waals surface area contributed by atoms with E-state index in [0.29, 0.717) is 38.4 Å². The molecule has 0 amide bonds. The van der Waals surface area contributed by atoms with Crippen LogP contribution in [0.2, 0.25) is 0 Å². The Morgan fingerprint density at radius 3 is 2.54 bits per heavy atom. The van der Waals surface area contributed by atoms with Crippen LogP contribution in [0.4, 0.5) is 0 Å². The molecule has 1 rings (SSSR count). The van der Waals surface area contributed by atoms with Crippen LogP contribution in [-0.2, 0) is 10.0 Å². The van der Waals surface area contributed by atoms with Crippen molar-refractivity contribution in [3.8, 4) is 0 Å². The molecule has 7 nitrogen and oxygen atoms in total. The predicted octanol–water partition coefficient (Wildman–Crippen LogP) is 0.605. The lowest BCUT2D eigenvalue weighted by Gasteiger charge is -2.14. The van der Waals surface area contributed by atoms with Crippen molar-refractivity contribution in [2.45, 2.75) is 25.9 Å². The molecule has 0 aliphatic heterocycles. The lowest BCUT2D eigenvalue weighted by Crippen LogP contribution is -2.38. The van der Waals surface area contributed by atoms with E-state index in [1.165, 1.54) is 0 Å². The van der Waals surface area contributed by atoms with Crippen LogP contribution in [-0.4, -0.2) is 51.9 Å². The molecule has 0 bridgehead atoms. The zero-order valence-electron chi connectivity index (χ0n) is 14.3. The van der Waals surface area contributed by atoms with Gasteiger partial charge < -0.3 is 15.7 Å². The molecule has 1 atom stereocenters. The van der Waals surface area contributed by atoms with Gasteiger partial charge in [-0.05, 0) is 25.3 Å². The van der Waals surface area contributed by atoms with Gasteiger partial charge in [0.1, 0.15) is 0 Å². The summed E-state index contributed by atoms with van der Waals surface area (Å²) in [4.78, 5) is 4.38. The molecule has 1 aromatic carbocycles. The number of hydrogen-bond acceptors (Lipinski definition) is 4. The summed E-state index contributed by atoms with van der Waals surface area (Å²) in [5, 5.41) is 16.4. The van der Waals surface area contributed by atoms with E-state index < -0.39 is 16.1 Å². The van der Waals surface area contributed by atoms with Gasteiger partial charge in [0.15, 0.2) is 5.96 Å².